The molecular formula is C23H30N6O2S. The monoisotopic (exact) mass is 454 g/mol. The molecule has 5 heterocycles. The Balaban J connectivity index is 1.40. The van der Waals surface area contributed by atoms with Gasteiger partial charge in [-0.15, -0.1) is 10.2 Å². The molecule has 9 heteroatoms. The molecule has 170 valence electrons. The molecule has 0 aliphatic carbocycles. The fraction of sp³-hybridized carbons (Fsp3) is 0.565. The molecule has 1 atom stereocenters. The fourth-order valence-corrected chi connectivity index (χ4v) is 5.34. The lowest BCUT2D eigenvalue weighted by atomic mass is 10.00. The summed E-state index contributed by atoms with van der Waals surface area (Å²) in [5.74, 6) is 2.27. The lowest BCUT2D eigenvalue weighted by Gasteiger charge is -2.31. The zero-order chi connectivity index (χ0) is 22.1. The molecule has 0 saturated carbocycles. The number of aryl methyl sites for hydroxylation is 1. The minimum Gasteiger partial charge on any atom is -0.376 e. The van der Waals surface area contributed by atoms with Gasteiger partial charge >= 0.3 is 0 Å². The lowest BCUT2D eigenvalue weighted by Crippen LogP contribution is -2.35. The molecule has 0 bridgehead atoms. The predicted octanol–water partition coefficient (Wildman–Crippen LogP) is 3.30. The van der Waals surface area contributed by atoms with Crippen LogP contribution in [0.2, 0.25) is 0 Å². The van der Waals surface area contributed by atoms with Gasteiger partial charge in [-0.2, -0.15) is 0 Å². The first kappa shape index (κ1) is 21.5. The number of pyridine rings is 1. The van der Waals surface area contributed by atoms with Gasteiger partial charge in [0.1, 0.15) is 5.65 Å². The third kappa shape index (κ3) is 4.41. The Hall–Kier alpha value is -2.39. The number of thioether (sulfide) groups is 1. The molecule has 0 amide bonds. The number of aromatic nitrogens is 5. The van der Waals surface area contributed by atoms with Crippen molar-refractivity contribution < 1.29 is 4.74 Å². The van der Waals surface area contributed by atoms with E-state index in [2.05, 4.69) is 26.6 Å². The second kappa shape index (κ2) is 9.23. The van der Waals surface area contributed by atoms with Crippen LogP contribution in [0.25, 0.3) is 5.65 Å². The highest BCUT2D eigenvalue weighted by Gasteiger charge is 2.26. The number of hydrogen-bond donors (Lipinski definition) is 0. The van der Waals surface area contributed by atoms with Gasteiger partial charge in [-0.3, -0.25) is 13.8 Å². The molecule has 0 aromatic carbocycles. The van der Waals surface area contributed by atoms with E-state index in [0.717, 1.165) is 67.4 Å². The third-order valence-electron chi connectivity index (χ3n) is 6.46. The first-order valence-corrected chi connectivity index (χ1v) is 12.5. The maximum absolute atomic E-state index is 12.6. The summed E-state index contributed by atoms with van der Waals surface area (Å²) in [6.07, 6.45) is 6.51. The highest BCUT2D eigenvalue weighted by Crippen LogP contribution is 2.29. The average molecular weight is 455 g/mol. The van der Waals surface area contributed by atoms with E-state index in [1.165, 1.54) is 12.8 Å². The highest BCUT2D eigenvalue weighted by molar-refractivity contribution is 7.98. The molecule has 5 rings (SSSR count). The Labute approximate surface area is 192 Å². The quantitative estimate of drug-likeness (QED) is 0.529. The minimum atomic E-state index is -0.0572. The van der Waals surface area contributed by atoms with Crippen LogP contribution >= 0.6 is 11.8 Å². The summed E-state index contributed by atoms with van der Waals surface area (Å²) < 4.78 is 9.73. The van der Waals surface area contributed by atoms with Gasteiger partial charge in [0.2, 0.25) is 5.95 Å². The zero-order valence-electron chi connectivity index (χ0n) is 18.7. The molecule has 8 nitrogen and oxygen atoms in total. The Kier molecular flexibility index (Phi) is 6.19. The second-order valence-corrected chi connectivity index (χ2v) is 9.90. The number of anilines is 1. The van der Waals surface area contributed by atoms with E-state index in [1.54, 1.807) is 28.4 Å². The molecule has 1 unspecified atom stereocenters. The normalized spacial score (nSPS) is 19.8. The van der Waals surface area contributed by atoms with Gasteiger partial charge in [0.05, 0.1) is 18.3 Å². The highest BCUT2D eigenvalue weighted by atomic mass is 32.2. The van der Waals surface area contributed by atoms with Gasteiger partial charge < -0.3 is 9.64 Å². The number of fused-ring (bicyclic) bond motifs is 1. The number of ether oxygens (including phenoxy) is 1. The Morgan fingerprint density at radius 2 is 2.06 bits per heavy atom. The minimum absolute atomic E-state index is 0.0572. The van der Waals surface area contributed by atoms with Crippen molar-refractivity contribution in [2.45, 2.75) is 63.1 Å². The lowest BCUT2D eigenvalue weighted by molar-refractivity contribution is 0.0951. The molecule has 3 aromatic heterocycles. The van der Waals surface area contributed by atoms with Crippen LogP contribution in [0.1, 0.15) is 43.9 Å². The van der Waals surface area contributed by atoms with E-state index in [0.29, 0.717) is 11.4 Å². The van der Waals surface area contributed by atoms with Gasteiger partial charge in [-0.25, -0.2) is 4.98 Å². The van der Waals surface area contributed by atoms with Crippen LogP contribution in [0, 0.1) is 12.8 Å². The summed E-state index contributed by atoms with van der Waals surface area (Å²) in [6, 6.07) is 5.46. The van der Waals surface area contributed by atoms with Crippen LogP contribution in [0.3, 0.4) is 0 Å². The molecule has 2 aliphatic heterocycles. The van der Waals surface area contributed by atoms with E-state index >= 15 is 0 Å². The summed E-state index contributed by atoms with van der Waals surface area (Å²) in [5.41, 5.74) is 2.40. The van der Waals surface area contributed by atoms with E-state index < -0.39 is 0 Å². The largest absolute Gasteiger partial charge is 0.376 e. The van der Waals surface area contributed by atoms with Crippen molar-refractivity contribution in [3.05, 3.63) is 46.0 Å². The number of nitrogens with zero attached hydrogens (tertiary/aromatic N) is 6. The topological polar surface area (TPSA) is 77.6 Å². The van der Waals surface area contributed by atoms with Crippen LogP contribution in [0.5, 0.6) is 0 Å². The Bertz CT molecular complexity index is 1150. The van der Waals surface area contributed by atoms with Crippen molar-refractivity contribution in [3.63, 3.8) is 0 Å². The Morgan fingerprint density at radius 1 is 1.22 bits per heavy atom. The van der Waals surface area contributed by atoms with Crippen molar-refractivity contribution in [3.8, 4) is 0 Å². The van der Waals surface area contributed by atoms with Crippen molar-refractivity contribution in [2.75, 3.05) is 24.6 Å². The first-order valence-electron chi connectivity index (χ1n) is 11.5. The van der Waals surface area contributed by atoms with Gasteiger partial charge in [-0.1, -0.05) is 24.8 Å². The smallest absolute Gasteiger partial charge is 0.258 e. The first-order chi connectivity index (χ1) is 15.6. The summed E-state index contributed by atoms with van der Waals surface area (Å²) in [4.78, 5) is 19.6. The van der Waals surface area contributed by atoms with Gasteiger partial charge in [0.25, 0.3) is 5.56 Å². The van der Waals surface area contributed by atoms with Gasteiger partial charge in [0.15, 0.2) is 5.16 Å². The Morgan fingerprint density at radius 3 is 2.84 bits per heavy atom. The molecule has 3 aromatic rings. The number of piperidine rings is 1. The van der Waals surface area contributed by atoms with Crippen molar-refractivity contribution in [1.29, 1.82) is 0 Å². The van der Waals surface area contributed by atoms with E-state index in [-0.39, 0.29) is 11.7 Å². The SMILES string of the molecule is Cc1cccn2c(=O)cc(CSc3nnc(N4CCC(C)CC4)n3CC3CCCO3)nc12. The van der Waals surface area contributed by atoms with Crippen LogP contribution in [0.15, 0.2) is 34.3 Å². The molecule has 0 radical (unpaired) electrons. The fourth-order valence-electron chi connectivity index (χ4n) is 4.50. The van der Waals surface area contributed by atoms with Crippen LogP contribution < -0.4 is 10.5 Å². The van der Waals surface area contributed by atoms with Crippen LogP contribution in [0.4, 0.5) is 5.95 Å². The van der Waals surface area contributed by atoms with E-state index in [9.17, 15) is 4.79 Å². The van der Waals surface area contributed by atoms with E-state index in [4.69, 9.17) is 9.72 Å². The maximum Gasteiger partial charge on any atom is 0.258 e. The van der Waals surface area contributed by atoms with Crippen molar-refractivity contribution >= 4 is 23.4 Å². The average Bonchev–Trinajstić information content (AvgIpc) is 3.44. The molecular weight excluding hydrogens is 424 g/mol. The summed E-state index contributed by atoms with van der Waals surface area (Å²) in [6.45, 7) is 7.91. The third-order valence-corrected chi connectivity index (χ3v) is 7.46. The van der Waals surface area contributed by atoms with Crippen LogP contribution in [-0.4, -0.2) is 49.9 Å². The molecule has 32 heavy (non-hydrogen) atoms. The summed E-state index contributed by atoms with van der Waals surface area (Å²) in [7, 11) is 0. The second-order valence-electron chi connectivity index (χ2n) is 8.96. The van der Waals surface area contributed by atoms with Gasteiger partial charge in [0, 0.05) is 37.7 Å². The molecule has 2 fully saturated rings. The van der Waals surface area contributed by atoms with Crippen LogP contribution in [-0.2, 0) is 17.0 Å². The summed E-state index contributed by atoms with van der Waals surface area (Å²) in [5, 5.41) is 9.98. The molecule has 0 spiro atoms. The maximum atomic E-state index is 12.6. The van der Waals surface area contributed by atoms with Crippen molar-refractivity contribution in [1.82, 2.24) is 24.1 Å². The molecule has 0 N–H and O–H groups in total. The van der Waals surface area contributed by atoms with E-state index in [1.807, 2.05) is 19.1 Å². The van der Waals surface area contributed by atoms with Gasteiger partial charge in [-0.05, 0) is 50.2 Å². The molecule has 2 aliphatic rings. The number of rotatable bonds is 6. The predicted molar refractivity (Wildman–Crippen MR) is 125 cm³/mol. The molecule has 2 saturated heterocycles. The standard InChI is InChI=1S/C23H30N6O2S/c1-16-7-10-27(11-8-16)22-25-26-23(29(22)14-19-6-4-12-31-19)32-15-18-13-20(30)28-9-3-5-17(2)21(28)24-18/h3,5,9,13,16,19H,4,6-8,10-12,14-15H2,1-2H3. The van der Waals surface area contributed by atoms with Crippen molar-refractivity contribution in [2.24, 2.45) is 5.92 Å². The number of hydrogen-bond acceptors (Lipinski definition) is 7. The zero-order valence-corrected chi connectivity index (χ0v) is 19.6. The summed E-state index contributed by atoms with van der Waals surface area (Å²) >= 11 is 1.59.